The van der Waals surface area contributed by atoms with Crippen molar-refractivity contribution in [3.63, 3.8) is 0 Å². The van der Waals surface area contributed by atoms with Crippen molar-refractivity contribution in [3.8, 4) is 0 Å². The molecule has 3 rings (SSSR count). The second kappa shape index (κ2) is 6.82. The number of nitrogens with zero attached hydrogens (tertiary/aromatic N) is 1. The standard InChI is InChI=1S/C17H25N3O3S/c1-12-7-8-18-11-16(12)19-24(22,23)15-6-5-14-4-3-9-20(13(2)21)17(14)10-15/h5-6,10,12,16,18-19H,3-4,7-9,11H2,1-2H3. The third kappa shape index (κ3) is 3.48. The van der Waals surface area contributed by atoms with Crippen LogP contribution in [-0.4, -0.2) is 40.0 Å². The molecule has 1 aromatic rings. The molecule has 0 saturated carbocycles. The summed E-state index contributed by atoms with van der Waals surface area (Å²) in [5, 5.41) is 3.23. The van der Waals surface area contributed by atoms with Gasteiger partial charge in [0.15, 0.2) is 0 Å². The number of anilines is 1. The summed E-state index contributed by atoms with van der Waals surface area (Å²) in [6.45, 7) is 5.79. The van der Waals surface area contributed by atoms with E-state index in [2.05, 4.69) is 17.0 Å². The van der Waals surface area contributed by atoms with Gasteiger partial charge >= 0.3 is 0 Å². The Balaban J connectivity index is 1.88. The van der Waals surface area contributed by atoms with Crippen LogP contribution in [0.3, 0.4) is 0 Å². The van der Waals surface area contributed by atoms with Crippen molar-refractivity contribution in [2.45, 2.75) is 44.0 Å². The number of carbonyl (C=O) groups excluding carboxylic acids is 1. The fraction of sp³-hybridized carbons (Fsp3) is 0.588. The van der Waals surface area contributed by atoms with Gasteiger partial charge in [-0.3, -0.25) is 4.79 Å². The Labute approximate surface area is 143 Å². The number of piperidine rings is 1. The number of benzene rings is 1. The average molecular weight is 351 g/mol. The summed E-state index contributed by atoms with van der Waals surface area (Å²) in [5.74, 6) is 0.246. The first-order valence-electron chi connectivity index (χ1n) is 8.52. The normalized spacial score (nSPS) is 24.5. The Hall–Kier alpha value is -1.44. The highest BCUT2D eigenvalue weighted by atomic mass is 32.2. The lowest BCUT2D eigenvalue weighted by Crippen LogP contribution is -2.50. The third-order valence-corrected chi connectivity index (χ3v) is 6.49. The largest absolute Gasteiger partial charge is 0.315 e. The molecule has 0 aromatic heterocycles. The maximum atomic E-state index is 12.8. The summed E-state index contributed by atoms with van der Waals surface area (Å²) in [4.78, 5) is 13.7. The molecule has 132 valence electrons. The molecule has 1 saturated heterocycles. The molecule has 0 spiro atoms. The molecule has 6 nitrogen and oxygen atoms in total. The van der Waals surface area contributed by atoms with Crippen LogP contribution in [0.4, 0.5) is 5.69 Å². The fourth-order valence-electron chi connectivity index (χ4n) is 3.46. The van der Waals surface area contributed by atoms with Crippen molar-refractivity contribution in [3.05, 3.63) is 23.8 Å². The highest BCUT2D eigenvalue weighted by molar-refractivity contribution is 7.89. The van der Waals surface area contributed by atoms with Gasteiger partial charge in [0.05, 0.1) is 4.90 Å². The predicted octanol–water partition coefficient (Wildman–Crippen LogP) is 1.26. The van der Waals surface area contributed by atoms with Crippen LogP contribution in [0.2, 0.25) is 0 Å². The minimum atomic E-state index is -3.60. The first-order chi connectivity index (χ1) is 11.4. The minimum Gasteiger partial charge on any atom is -0.315 e. The summed E-state index contributed by atoms with van der Waals surface area (Å²) in [6.07, 6.45) is 2.73. The number of fused-ring (bicyclic) bond motifs is 1. The smallest absolute Gasteiger partial charge is 0.240 e. The van der Waals surface area contributed by atoms with Gasteiger partial charge in [-0.25, -0.2) is 13.1 Å². The van der Waals surface area contributed by atoms with E-state index in [0.717, 1.165) is 37.1 Å². The summed E-state index contributed by atoms with van der Waals surface area (Å²) in [5.41, 5.74) is 1.76. The van der Waals surface area contributed by atoms with Gasteiger partial charge in [0.25, 0.3) is 0 Å². The third-order valence-electron chi connectivity index (χ3n) is 5.00. The van der Waals surface area contributed by atoms with Gasteiger partial charge in [-0.1, -0.05) is 13.0 Å². The highest BCUT2D eigenvalue weighted by Gasteiger charge is 2.28. The summed E-state index contributed by atoms with van der Waals surface area (Å²) < 4.78 is 28.4. The minimum absolute atomic E-state index is 0.0523. The first kappa shape index (κ1) is 17.4. The number of aryl methyl sites for hydroxylation is 1. The zero-order chi connectivity index (χ0) is 17.3. The average Bonchev–Trinajstić information content (AvgIpc) is 2.55. The number of amides is 1. The Morgan fingerprint density at radius 1 is 1.38 bits per heavy atom. The van der Waals surface area contributed by atoms with Crippen molar-refractivity contribution < 1.29 is 13.2 Å². The van der Waals surface area contributed by atoms with E-state index in [0.29, 0.717) is 19.0 Å². The number of hydrogen-bond donors (Lipinski definition) is 2. The van der Waals surface area contributed by atoms with Crippen LogP contribution < -0.4 is 14.9 Å². The Morgan fingerprint density at radius 2 is 2.17 bits per heavy atom. The van der Waals surface area contributed by atoms with E-state index in [1.165, 1.54) is 6.92 Å². The first-order valence-corrected chi connectivity index (χ1v) is 10.0. The van der Waals surface area contributed by atoms with Crippen LogP contribution in [0.25, 0.3) is 0 Å². The van der Waals surface area contributed by atoms with Crippen molar-refractivity contribution in [1.29, 1.82) is 0 Å². The lowest BCUT2D eigenvalue weighted by Gasteiger charge is -2.31. The molecule has 2 heterocycles. The number of nitrogens with one attached hydrogen (secondary N) is 2. The maximum Gasteiger partial charge on any atom is 0.240 e. The number of hydrogen-bond acceptors (Lipinski definition) is 4. The van der Waals surface area contributed by atoms with Gasteiger partial charge in [-0.15, -0.1) is 0 Å². The van der Waals surface area contributed by atoms with Crippen LogP contribution >= 0.6 is 0 Å². The molecule has 24 heavy (non-hydrogen) atoms. The molecule has 1 fully saturated rings. The van der Waals surface area contributed by atoms with Gasteiger partial charge in [-0.05, 0) is 49.4 Å². The zero-order valence-corrected chi connectivity index (χ0v) is 15.0. The molecule has 0 radical (unpaired) electrons. The molecular weight excluding hydrogens is 326 g/mol. The van der Waals surface area contributed by atoms with Gasteiger partial charge in [0.1, 0.15) is 0 Å². The Bertz CT molecular complexity index is 733. The van der Waals surface area contributed by atoms with E-state index in [1.807, 2.05) is 6.07 Å². The van der Waals surface area contributed by atoms with Gasteiger partial charge in [0, 0.05) is 31.7 Å². The molecule has 1 aromatic carbocycles. The summed E-state index contributed by atoms with van der Waals surface area (Å²) >= 11 is 0. The molecule has 0 bridgehead atoms. The molecule has 1 amide bonds. The van der Waals surface area contributed by atoms with Crippen molar-refractivity contribution in [2.24, 2.45) is 5.92 Å². The fourth-order valence-corrected chi connectivity index (χ4v) is 4.83. The SMILES string of the molecule is CC(=O)N1CCCc2ccc(S(=O)(=O)NC3CNCCC3C)cc21. The monoisotopic (exact) mass is 351 g/mol. The predicted molar refractivity (Wildman–Crippen MR) is 93.6 cm³/mol. The topological polar surface area (TPSA) is 78.5 Å². The molecule has 7 heteroatoms. The van der Waals surface area contributed by atoms with Crippen molar-refractivity contribution >= 4 is 21.6 Å². The van der Waals surface area contributed by atoms with Crippen molar-refractivity contribution in [2.75, 3.05) is 24.5 Å². The zero-order valence-electron chi connectivity index (χ0n) is 14.2. The van der Waals surface area contributed by atoms with E-state index in [1.54, 1.807) is 17.0 Å². The molecular formula is C17H25N3O3S. The number of rotatable bonds is 3. The van der Waals surface area contributed by atoms with Crippen LogP contribution in [-0.2, 0) is 21.2 Å². The quantitative estimate of drug-likeness (QED) is 0.859. The van der Waals surface area contributed by atoms with Crippen LogP contribution in [0, 0.1) is 5.92 Å². The van der Waals surface area contributed by atoms with Crippen LogP contribution in [0.5, 0.6) is 0 Å². The molecule has 2 N–H and O–H groups in total. The van der Waals surface area contributed by atoms with E-state index in [-0.39, 0.29) is 16.8 Å². The van der Waals surface area contributed by atoms with Gasteiger partial charge in [-0.2, -0.15) is 0 Å². The van der Waals surface area contributed by atoms with Crippen molar-refractivity contribution in [1.82, 2.24) is 10.0 Å². The lowest BCUT2D eigenvalue weighted by atomic mass is 9.96. The Morgan fingerprint density at radius 3 is 2.88 bits per heavy atom. The van der Waals surface area contributed by atoms with E-state index in [4.69, 9.17) is 0 Å². The van der Waals surface area contributed by atoms with Crippen LogP contribution in [0.1, 0.15) is 32.3 Å². The van der Waals surface area contributed by atoms with Crippen LogP contribution in [0.15, 0.2) is 23.1 Å². The van der Waals surface area contributed by atoms with Gasteiger partial charge in [0.2, 0.25) is 15.9 Å². The summed E-state index contributed by atoms with van der Waals surface area (Å²) in [6, 6.07) is 5.01. The van der Waals surface area contributed by atoms with E-state index >= 15 is 0 Å². The Kier molecular flexibility index (Phi) is 4.94. The maximum absolute atomic E-state index is 12.8. The van der Waals surface area contributed by atoms with E-state index < -0.39 is 10.0 Å². The second-order valence-corrected chi connectivity index (χ2v) is 8.48. The molecule has 0 aliphatic carbocycles. The van der Waals surface area contributed by atoms with Gasteiger partial charge < -0.3 is 10.2 Å². The molecule has 2 aliphatic rings. The number of sulfonamides is 1. The second-order valence-electron chi connectivity index (χ2n) is 6.76. The molecule has 2 unspecified atom stereocenters. The highest BCUT2D eigenvalue weighted by Crippen LogP contribution is 2.30. The molecule has 2 atom stereocenters. The van der Waals surface area contributed by atoms with E-state index in [9.17, 15) is 13.2 Å². The molecule has 2 aliphatic heterocycles. The number of carbonyl (C=O) groups is 1. The lowest BCUT2D eigenvalue weighted by molar-refractivity contribution is -0.116. The summed E-state index contributed by atoms with van der Waals surface area (Å²) in [7, 11) is -3.60.